The number of ketones is 1. The van der Waals surface area contributed by atoms with Crippen LogP contribution in [0.15, 0.2) is 30.1 Å². The Hall–Kier alpha value is -2.17. The van der Waals surface area contributed by atoms with Gasteiger partial charge in [-0.3, -0.25) is 4.79 Å². The number of nitrogens with zero attached hydrogens (tertiary/aromatic N) is 2. The van der Waals surface area contributed by atoms with Crippen molar-refractivity contribution in [1.29, 1.82) is 0 Å². The fourth-order valence-electron chi connectivity index (χ4n) is 3.94. The highest BCUT2D eigenvalue weighted by atomic mass is 16.5. The minimum absolute atomic E-state index is 0.00322. The number of esters is 1. The van der Waals surface area contributed by atoms with Gasteiger partial charge in [0.2, 0.25) is 5.78 Å². The van der Waals surface area contributed by atoms with Gasteiger partial charge < -0.3 is 9.64 Å². The molecule has 1 aromatic rings. The van der Waals surface area contributed by atoms with E-state index in [1.165, 1.54) is 7.11 Å². The van der Waals surface area contributed by atoms with Crippen molar-refractivity contribution in [2.75, 3.05) is 26.1 Å². The van der Waals surface area contributed by atoms with Crippen molar-refractivity contribution in [3.63, 3.8) is 0 Å². The fraction of sp³-hybridized carbons (Fsp3) is 0.526. The van der Waals surface area contributed by atoms with E-state index in [1.54, 1.807) is 4.57 Å². The van der Waals surface area contributed by atoms with Crippen LogP contribution in [-0.4, -0.2) is 33.0 Å². The van der Waals surface area contributed by atoms with Crippen LogP contribution in [0.3, 0.4) is 0 Å². The summed E-state index contributed by atoms with van der Waals surface area (Å²) in [6, 6.07) is 3.90. The van der Waals surface area contributed by atoms with Crippen molar-refractivity contribution in [3.8, 4) is 0 Å². The van der Waals surface area contributed by atoms with Crippen LogP contribution in [-0.2, 0) is 14.3 Å². The molecule has 0 spiro atoms. The summed E-state index contributed by atoms with van der Waals surface area (Å²) in [6.45, 7) is 0. The van der Waals surface area contributed by atoms with Gasteiger partial charge in [0.15, 0.2) is 12.4 Å². The second kappa shape index (κ2) is 6.75. The van der Waals surface area contributed by atoms with Crippen LogP contribution >= 0.6 is 0 Å². The number of rotatable bonds is 3. The molecule has 1 heterocycles. The number of Topliss-reactive ketones (excluding diaryl/α,β-unsaturated/α-hetero) is 1. The lowest BCUT2D eigenvalue weighted by Gasteiger charge is -2.15. The number of methoxy groups -OCH3 is 1. The van der Waals surface area contributed by atoms with Gasteiger partial charge in [-0.15, -0.1) is 0 Å². The molecule has 2 aliphatic rings. The summed E-state index contributed by atoms with van der Waals surface area (Å²) in [4.78, 5) is 27.5. The number of fused-ring (bicyclic) bond motifs is 1. The third-order valence-electron chi connectivity index (χ3n) is 5.20. The van der Waals surface area contributed by atoms with E-state index < -0.39 is 0 Å². The molecule has 2 unspecified atom stereocenters. The molecule has 0 N–H and O–H groups in total. The number of hydrogen-bond donors (Lipinski definition) is 0. The van der Waals surface area contributed by atoms with Crippen LogP contribution in [0, 0.1) is 11.8 Å². The number of allylic oxidation sites excluding steroid dienone is 1. The second-order valence-corrected chi connectivity index (χ2v) is 6.83. The highest BCUT2D eigenvalue weighted by molar-refractivity contribution is 6.22. The summed E-state index contributed by atoms with van der Waals surface area (Å²) in [5.41, 5.74) is 2.12. The molecule has 0 amide bonds. The Bertz CT molecular complexity index is 676. The van der Waals surface area contributed by atoms with Crippen LogP contribution < -0.4 is 9.47 Å². The largest absolute Gasteiger partial charge is 0.465 e. The van der Waals surface area contributed by atoms with E-state index in [9.17, 15) is 9.59 Å². The van der Waals surface area contributed by atoms with Crippen molar-refractivity contribution >= 4 is 23.1 Å². The van der Waals surface area contributed by atoms with E-state index in [4.69, 9.17) is 4.74 Å². The average Bonchev–Trinajstić information content (AvgIpc) is 2.75. The number of carbonyl (C=O) groups excluding carboxylic acids is 2. The fourth-order valence-corrected chi connectivity index (χ4v) is 3.94. The maximum Gasteiger partial charge on any atom is 0.340 e. The van der Waals surface area contributed by atoms with E-state index >= 15 is 0 Å². The van der Waals surface area contributed by atoms with Crippen molar-refractivity contribution in [1.82, 2.24) is 0 Å². The van der Waals surface area contributed by atoms with Gasteiger partial charge >= 0.3 is 5.97 Å². The van der Waals surface area contributed by atoms with Crippen LogP contribution in [0.25, 0.3) is 5.70 Å². The van der Waals surface area contributed by atoms with Gasteiger partial charge in [-0.25, -0.2) is 4.79 Å². The summed E-state index contributed by atoms with van der Waals surface area (Å²) in [5.74, 6) is -0.345. The molecule has 1 saturated carbocycles. The van der Waals surface area contributed by atoms with E-state index in [2.05, 4.69) is 0 Å². The molecular formula is C19H25N2O3+. The molecule has 3 rings (SSSR count). The molecular weight excluding hydrogens is 304 g/mol. The van der Waals surface area contributed by atoms with E-state index in [-0.39, 0.29) is 23.6 Å². The Morgan fingerprint density at radius 3 is 2.33 bits per heavy atom. The van der Waals surface area contributed by atoms with Gasteiger partial charge in [-0.2, -0.15) is 4.57 Å². The zero-order valence-corrected chi connectivity index (χ0v) is 14.6. The number of ether oxygens (including phenoxy) is 1. The Labute approximate surface area is 142 Å². The number of aromatic nitrogens is 1. The molecule has 5 nitrogen and oxygen atoms in total. The standard InChI is InChI=1S/C19H25N2O3/c1-20(2)13-9-11-21(12-10-13)17-16(19(23)24-3)14-7-5-4-6-8-15(14)18(17)22/h9-12,14-15H,4-8H2,1-3H3/q+1. The first kappa shape index (κ1) is 16.7. The van der Waals surface area contributed by atoms with Crippen LogP contribution in [0.2, 0.25) is 0 Å². The van der Waals surface area contributed by atoms with Gasteiger partial charge in [0, 0.05) is 43.8 Å². The van der Waals surface area contributed by atoms with Crippen LogP contribution in [0.4, 0.5) is 5.69 Å². The maximum absolute atomic E-state index is 13.0. The molecule has 1 fully saturated rings. The lowest BCUT2D eigenvalue weighted by atomic mass is 9.86. The minimum atomic E-state index is -0.364. The second-order valence-electron chi connectivity index (χ2n) is 6.83. The van der Waals surface area contributed by atoms with Crippen molar-refractivity contribution < 1.29 is 18.9 Å². The summed E-state index contributed by atoms with van der Waals surface area (Å²) in [7, 11) is 5.33. The van der Waals surface area contributed by atoms with Crippen molar-refractivity contribution in [2.45, 2.75) is 32.1 Å². The number of anilines is 1. The summed E-state index contributed by atoms with van der Waals surface area (Å²) in [6.07, 6.45) is 8.72. The molecule has 0 saturated heterocycles. The van der Waals surface area contributed by atoms with E-state index in [0.29, 0.717) is 11.3 Å². The zero-order chi connectivity index (χ0) is 17.3. The van der Waals surface area contributed by atoms with Crippen LogP contribution in [0.5, 0.6) is 0 Å². The number of carbonyl (C=O) groups is 2. The third kappa shape index (κ3) is 2.83. The average molecular weight is 329 g/mol. The first-order chi connectivity index (χ1) is 11.5. The molecule has 0 aromatic carbocycles. The van der Waals surface area contributed by atoms with Gasteiger partial charge in [0.25, 0.3) is 5.70 Å². The summed E-state index contributed by atoms with van der Waals surface area (Å²) in [5, 5.41) is 0. The van der Waals surface area contributed by atoms with Crippen molar-refractivity contribution in [2.24, 2.45) is 11.8 Å². The highest BCUT2D eigenvalue weighted by Gasteiger charge is 2.50. The van der Waals surface area contributed by atoms with E-state index in [1.807, 2.05) is 43.5 Å². The third-order valence-corrected chi connectivity index (χ3v) is 5.20. The lowest BCUT2D eigenvalue weighted by Crippen LogP contribution is -2.37. The molecule has 2 atom stereocenters. The molecule has 128 valence electrons. The predicted octanol–water partition coefficient (Wildman–Crippen LogP) is 2.20. The maximum atomic E-state index is 13.0. The number of hydrogen-bond acceptors (Lipinski definition) is 4. The molecule has 2 aliphatic carbocycles. The van der Waals surface area contributed by atoms with Gasteiger partial charge in [0.1, 0.15) is 5.57 Å². The Morgan fingerprint density at radius 1 is 1.12 bits per heavy atom. The van der Waals surface area contributed by atoms with Gasteiger partial charge in [0.05, 0.1) is 7.11 Å². The molecule has 24 heavy (non-hydrogen) atoms. The lowest BCUT2D eigenvalue weighted by molar-refractivity contribution is -0.577. The first-order valence-corrected chi connectivity index (χ1v) is 8.60. The summed E-state index contributed by atoms with van der Waals surface area (Å²) >= 11 is 0. The quantitative estimate of drug-likeness (QED) is 0.630. The SMILES string of the molecule is COC(=O)C1=C([n+]2ccc(N(C)C)cc2)C(=O)C2CCCCCC12. The first-order valence-electron chi connectivity index (χ1n) is 8.60. The topological polar surface area (TPSA) is 50.5 Å². The smallest absolute Gasteiger partial charge is 0.340 e. The zero-order valence-electron chi connectivity index (χ0n) is 14.6. The van der Waals surface area contributed by atoms with Crippen LogP contribution in [0.1, 0.15) is 32.1 Å². The summed E-state index contributed by atoms with van der Waals surface area (Å²) < 4.78 is 6.80. The van der Waals surface area contributed by atoms with Gasteiger partial charge in [-0.05, 0) is 12.8 Å². The normalized spacial score (nSPS) is 23.7. The molecule has 0 aliphatic heterocycles. The number of pyridine rings is 1. The van der Waals surface area contributed by atoms with Crippen molar-refractivity contribution in [3.05, 3.63) is 30.1 Å². The Balaban J connectivity index is 2.07. The molecule has 0 bridgehead atoms. The van der Waals surface area contributed by atoms with Gasteiger partial charge in [-0.1, -0.05) is 19.3 Å². The highest BCUT2D eigenvalue weighted by Crippen LogP contribution is 2.43. The minimum Gasteiger partial charge on any atom is -0.465 e. The Kier molecular flexibility index (Phi) is 4.69. The molecule has 0 radical (unpaired) electrons. The Morgan fingerprint density at radius 2 is 1.75 bits per heavy atom. The van der Waals surface area contributed by atoms with E-state index in [0.717, 1.165) is 37.8 Å². The predicted molar refractivity (Wildman–Crippen MR) is 91.3 cm³/mol. The molecule has 1 aromatic heterocycles. The monoisotopic (exact) mass is 329 g/mol. The molecule has 5 heteroatoms.